The number of rotatable bonds is 9. The van der Waals surface area contributed by atoms with Gasteiger partial charge in [0, 0.05) is 31.1 Å². The second-order valence-electron chi connectivity index (χ2n) is 6.00. The van der Waals surface area contributed by atoms with Crippen LogP contribution in [0, 0.1) is 11.7 Å². The molecular formula is C17H27ClFN3O2. The molecule has 0 aromatic heterocycles. The van der Waals surface area contributed by atoms with Gasteiger partial charge in [-0.1, -0.05) is 13.8 Å². The minimum atomic E-state index is -0.380. The summed E-state index contributed by atoms with van der Waals surface area (Å²) in [5.74, 6) is -0.241. The van der Waals surface area contributed by atoms with Crippen LogP contribution < -0.4 is 16.4 Å². The largest absolute Gasteiger partial charge is 0.352 e. The molecule has 0 aliphatic carbocycles. The average Bonchev–Trinajstić information content (AvgIpc) is 2.50. The first-order chi connectivity index (χ1) is 10.9. The Bertz CT molecular complexity index is 509. The molecule has 4 N–H and O–H groups in total. The van der Waals surface area contributed by atoms with E-state index in [0.717, 1.165) is 6.42 Å². The predicted molar refractivity (Wildman–Crippen MR) is 95.7 cm³/mol. The van der Waals surface area contributed by atoms with Gasteiger partial charge in [-0.25, -0.2) is 4.39 Å². The molecule has 2 amide bonds. The fraction of sp³-hybridized carbons (Fsp3) is 0.529. The molecule has 0 saturated heterocycles. The maximum absolute atomic E-state index is 12.8. The fourth-order valence-electron chi connectivity index (χ4n) is 2.24. The Morgan fingerprint density at radius 3 is 2.38 bits per heavy atom. The zero-order chi connectivity index (χ0) is 17.2. The van der Waals surface area contributed by atoms with Crippen LogP contribution in [0.1, 0.15) is 43.5 Å². The highest BCUT2D eigenvalue weighted by Crippen LogP contribution is 2.04. The molecule has 1 rings (SSSR count). The second kappa shape index (κ2) is 11.8. The van der Waals surface area contributed by atoms with E-state index in [9.17, 15) is 14.0 Å². The van der Waals surface area contributed by atoms with E-state index in [1.807, 2.05) is 0 Å². The Morgan fingerprint density at radius 1 is 1.21 bits per heavy atom. The Balaban J connectivity index is 0.00000529. The molecule has 0 saturated carbocycles. The van der Waals surface area contributed by atoms with Gasteiger partial charge in [-0.05, 0) is 43.0 Å². The summed E-state index contributed by atoms with van der Waals surface area (Å²) in [6.07, 6.45) is 1.72. The highest BCUT2D eigenvalue weighted by atomic mass is 35.5. The lowest BCUT2D eigenvalue weighted by molar-refractivity contribution is -0.121. The van der Waals surface area contributed by atoms with Crippen molar-refractivity contribution in [3.63, 3.8) is 0 Å². The van der Waals surface area contributed by atoms with Gasteiger partial charge in [-0.3, -0.25) is 9.59 Å². The third kappa shape index (κ3) is 8.84. The summed E-state index contributed by atoms with van der Waals surface area (Å²) in [6.45, 7) is 4.98. The van der Waals surface area contributed by atoms with Crippen LogP contribution in [0.3, 0.4) is 0 Å². The van der Waals surface area contributed by atoms with Gasteiger partial charge in [-0.2, -0.15) is 0 Å². The van der Waals surface area contributed by atoms with Crippen molar-refractivity contribution in [1.29, 1.82) is 0 Å². The van der Waals surface area contributed by atoms with Crippen LogP contribution in [0.4, 0.5) is 4.39 Å². The quantitative estimate of drug-likeness (QED) is 0.591. The van der Waals surface area contributed by atoms with Crippen molar-refractivity contribution in [2.24, 2.45) is 11.7 Å². The topological polar surface area (TPSA) is 84.2 Å². The number of nitrogens with two attached hydrogens (primary N) is 1. The van der Waals surface area contributed by atoms with E-state index in [1.54, 1.807) is 0 Å². The van der Waals surface area contributed by atoms with Crippen LogP contribution in [0.5, 0.6) is 0 Å². The molecule has 1 aromatic carbocycles. The first kappa shape index (κ1) is 22.3. The smallest absolute Gasteiger partial charge is 0.251 e. The normalized spacial score (nSPS) is 11.5. The highest BCUT2D eigenvalue weighted by molar-refractivity contribution is 5.94. The Labute approximate surface area is 149 Å². The number of carbonyl (C=O) groups is 2. The third-order valence-electron chi connectivity index (χ3n) is 3.38. The minimum absolute atomic E-state index is 0. The van der Waals surface area contributed by atoms with Crippen LogP contribution in [-0.2, 0) is 4.79 Å². The second-order valence-corrected chi connectivity index (χ2v) is 6.00. The molecule has 0 heterocycles. The molecule has 24 heavy (non-hydrogen) atoms. The van der Waals surface area contributed by atoms with Crippen molar-refractivity contribution in [2.45, 2.75) is 39.2 Å². The van der Waals surface area contributed by atoms with Crippen LogP contribution in [0.25, 0.3) is 0 Å². The lowest BCUT2D eigenvalue weighted by atomic mass is 10.0. The average molecular weight is 360 g/mol. The van der Waals surface area contributed by atoms with Crippen LogP contribution in [-0.4, -0.2) is 30.9 Å². The molecule has 0 fully saturated rings. The van der Waals surface area contributed by atoms with Crippen molar-refractivity contribution in [3.05, 3.63) is 35.6 Å². The third-order valence-corrected chi connectivity index (χ3v) is 3.38. The standard InChI is InChI=1S/C17H26FN3O2.ClH/c1-12(2)10-15(11-19)21-16(22)4-3-9-20-17(23)13-5-7-14(18)8-6-13;/h5-8,12,15H,3-4,9-11,19H2,1-2H3,(H,20,23)(H,21,22);1H. The van der Waals surface area contributed by atoms with Gasteiger partial charge in [0.1, 0.15) is 5.82 Å². The molecule has 1 atom stereocenters. The minimum Gasteiger partial charge on any atom is -0.352 e. The summed E-state index contributed by atoms with van der Waals surface area (Å²) >= 11 is 0. The van der Waals surface area contributed by atoms with Gasteiger partial charge in [-0.15, -0.1) is 12.4 Å². The molecule has 5 nitrogen and oxygen atoms in total. The van der Waals surface area contributed by atoms with Gasteiger partial charge < -0.3 is 16.4 Å². The summed E-state index contributed by atoms with van der Waals surface area (Å²) < 4.78 is 12.8. The molecule has 0 aliphatic heterocycles. The number of benzene rings is 1. The highest BCUT2D eigenvalue weighted by Gasteiger charge is 2.12. The van der Waals surface area contributed by atoms with Gasteiger partial charge in [0.2, 0.25) is 5.91 Å². The van der Waals surface area contributed by atoms with Crippen LogP contribution >= 0.6 is 12.4 Å². The SMILES string of the molecule is CC(C)CC(CN)NC(=O)CCCNC(=O)c1ccc(F)cc1.Cl. The van der Waals surface area contributed by atoms with E-state index in [1.165, 1.54) is 24.3 Å². The van der Waals surface area contributed by atoms with Gasteiger partial charge >= 0.3 is 0 Å². The molecule has 0 aliphatic rings. The molecule has 7 heteroatoms. The van der Waals surface area contributed by atoms with E-state index in [0.29, 0.717) is 37.4 Å². The lowest BCUT2D eigenvalue weighted by Crippen LogP contribution is -2.41. The maximum atomic E-state index is 12.8. The molecule has 0 bridgehead atoms. The summed E-state index contributed by atoms with van der Waals surface area (Å²) in [7, 11) is 0. The first-order valence-corrected chi connectivity index (χ1v) is 7.95. The monoisotopic (exact) mass is 359 g/mol. The van der Waals surface area contributed by atoms with Gasteiger partial charge in [0.15, 0.2) is 0 Å². The summed E-state index contributed by atoms with van der Waals surface area (Å²) in [6, 6.07) is 5.33. The number of carbonyl (C=O) groups excluding carboxylic acids is 2. The summed E-state index contributed by atoms with van der Waals surface area (Å²) in [5, 5.41) is 5.61. The lowest BCUT2D eigenvalue weighted by Gasteiger charge is -2.18. The van der Waals surface area contributed by atoms with Crippen molar-refractivity contribution in [1.82, 2.24) is 10.6 Å². The molecule has 0 spiro atoms. The summed E-state index contributed by atoms with van der Waals surface area (Å²) in [5.41, 5.74) is 6.04. The fourth-order valence-corrected chi connectivity index (χ4v) is 2.24. The number of halogens is 2. The number of hydrogen-bond donors (Lipinski definition) is 3. The number of amides is 2. The molecule has 136 valence electrons. The zero-order valence-electron chi connectivity index (χ0n) is 14.2. The predicted octanol–water partition coefficient (Wildman–Crippen LogP) is 2.25. The van der Waals surface area contributed by atoms with E-state index in [4.69, 9.17) is 5.73 Å². The van der Waals surface area contributed by atoms with E-state index in [-0.39, 0.29) is 36.1 Å². The van der Waals surface area contributed by atoms with Crippen molar-refractivity contribution in [2.75, 3.05) is 13.1 Å². The van der Waals surface area contributed by atoms with E-state index in [2.05, 4.69) is 24.5 Å². The molecular weight excluding hydrogens is 333 g/mol. The van der Waals surface area contributed by atoms with Crippen LogP contribution in [0.2, 0.25) is 0 Å². The first-order valence-electron chi connectivity index (χ1n) is 7.95. The maximum Gasteiger partial charge on any atom is 0.251 e. The number of hydrogen-bond acceptors (Lipinski definition) is 3. The van der Waals surface area contributed by atoms with Crippen molar-refractivity contribution >= 4 is 24.2 Å². The Morgan fingerprint density at radius 2 is 1.83 bits per heavy atom. The van der Waals surface area contributed by atoms with Gasteiger partial charge in [0.05, 0.1) is 0 Å². The zero-order valence-corrected chi connectivity index (χ0v) is 15.0. The van der Waals surface area contributed by atoms with Crippen molar-refractivity contribution in [3.8, 4) is 0 Å². The van der Waals surface area contributed by atoms with Gasteiger partial charge in [0.25, 0.3) is 5.91 Å². The molecule has 0 radical (unpaired) electrons. The Kier molecular flexibility index (Phi) is 11.0. The summed E-state index contributed by atoms with van der Waals surface area (Å²) in [4.78, 5) is 23.6. The van der Waals surface area contributed by atoms with E-state index >= 15 is 0 Å². The molecule has 1 aromatic rings. The number of nitrogens with one attached hydrogen (secondary N) is 2. The molecule has 1 unspecified atom stereocenters. The Hall–Kier alpha value is -1.66. The van der Waals surface area contributed by atoms with Crippen LogP contribution in [0.15, 0.2) is 24.3 Å². The van der Waals surface area contributed by atoms with Crippen molar-refractivity contribution < 1.29 is 14.0 Å². The van der Waals surface area contributed by atoms with E-state index < -0.39 is 0 Å².